The van der Waals surface area contributed by atoms with Crippen LogP contribution < -0.4 is 15.4 Å². The highest BCUT2D eigenvalue weighted by molar-refractivity contribution is 7.09. The number of aromatic nitrogens is 4. The van der Waals surface area contributed by atoms with Crippen molar-refractivity contribution in [1.29, 1.82) is 0 Å². The molecule has 0 radical (unpaired) electrons. The van der Waals surface area contributed by atoms with E-state index in [1.807, 2.05) is 38.1 Å². The molecule has 5 aromatic rings. The molecule has 3 aromatic heterocycles. The number of anilines is 2. The number of carbonyl (C=O) groups is 1. The number of likely N-dealkylation sites (tertiary alicyclic amines) is 1. The summed E-state index contributed by atoms with van der Waals surface area (Å²) in [5.41, 5.74) is 4.37. The molecule has 214 valence electrons. The van der Waals surface area contributed by atoms with Gasteiger partial charge in [-0.05, 0) is 56.5 Å². The Kier molecular flexibility index (Phi) is 7.83. The third-order valence-electron chi connectivity index (χ3n) is 7.26. The van der Waals surface area contributed by atoms with Gasteiger partial charge in [-0.15, -0.1) is 11.3 Å². The highest BCUT2D eigenvalue weighted by Gasteiger charge is 2.24. The first-order valence-electron chi connectivity index (χ1n) is 13.8. The summed E-state index contributed by atoms with van der Waals surface area (Å²) in [6, 6.07) is 15.8. The van der Waals surface area contributed by atoms with E-state index in [4.69, 9.17) is 9.72 Å². The summed E-state index contributed by atoms with van der Waals surface area (Å²) in [5.74, 6) is 1.60. The third kappa shape index (κ3) is 5.96. The number of carboxylic acid groups (broad SMARTS) is 1. The van der Waals surface area contributed by atoms with Crippen molar-refractivity contribution in [3.63, 3.8) is 0 Å². The standard InChI is InChI=1S/C31H31N7O3S/c1-19-10-11-23-24(7-3-9-26(23)34-16-22-18-42-20(2)35-22)28(19)41-29-25(8-4-13-32-29)27-12-14-33-30(37-27)36-21-6-5-15-38(17-21)31(39)40/h3-4,7-14,18,21,34H,5-6,15-17H2,1-2H3,(H,39,40)(H,33,36,37). The molecule has 1 aliphatic heterocycles. The molecule has 3 N–H and O–H groups in total. The number of fused-ring (bicyclic) bond motifs is 1. The van der Waals surface area contributed by atoms with E-state index in [-0.39, 0.29) is 6.04 Å². The molecule has 2 aromatic carbocycles. The Morgan fingerprint density at radius 3 is 2.81 bits per heavy atom. The van der Waals surface area contributed by atoms with Crippen LogP contribution in [-0.4, -0.2) is 55.2 Å². The van der Waals surface area contributed by atoms with Crippen LogP contribution in [0.25, 0.3) is 22.0 Å². The van der Waals surface area contributed by atoms with Crippen molar-refractivity contribution in [3.8, 4) is 22.9 Å². The summed E-state index contributed by atoms with van der Waals surface area (Å²) in [7, 11) is 0. The number of thiazole rings is 1. The van der Waals surface area contributed by atoms with Gasteiger partial charge < -0.3 is 25.4 Å². The van der Waals surface area contributed by atoms with Crippen LogP contribution in [0.3, 0.4) is 0 Å². The Hall–Kier alpha value is -4.77. The van der Waals surface area contributed by atoms with Crippen molar-refractivity contribution < 1.29 is 14.6 Å². The average Bonchev–Trinajstić information content (AvgIpc) is 3.42. The first kappa shape index (κ1) is 27.4. The minimum atomic E-state index is -0.908. The normalized spacial score (nSPS) is 15.0. The molecule has 1 aliphatic rings. The van der Waals surface area contributed by atoms with E-state index in [0.29, 0.717) is 37.2 Å². The molecular formula is C31H31N7O3S. The van der Waals surface area contributed by atoms with Gasteiger partial charge in [0.15, 0.2) is 0 Å². The van der Waals surface area contributed by atoms with E-state index in [1.54, 1.807) is 23.7 Å². The van der Waals surface area contributed by atoms with Crippen molar-refractivity contribution in [3.05, 3.63) is 82.6 Å². The zero-order chi connectivity index (χ0) is 29.1. The highest BCUT2D eigenvalue weighted by Crippen LogP contribution is 2.38. The first-order chi connectivity index (χ1) is 20.4. The van der Waals surface area contributed by atoms with Crippen molar-refractivity contribution in [2.24, 2.45) is 0 Å². The Morgan fingerprint density at radius 1 is 1.07 bits per heavy atom. The Labute approximate surface area is 247 Å². The molecule has 4 heterocycles. The summed E-state index contributed by atoms with van der Waals surface area (Å²) < 4.78 is 6.56. The lowest BCUT2D eigenvalue weighted by Crippen LogP contribution is -2.44. The number of ether oxygens (including phenoxy) is 1. The van der Waals surface area contributed by atoms with E-state index >= 15 is 0 Å². The van der Waals surface area contributed by atoms with E-state index in [0.717, 1.165) is 56.9 Å². The van der Waals surface area contributed by atoms with Crippen LogP contribution in [0.1, 0.15) is 29.1 Å². The fourth-order valence-electron chi connectivity index (χ4n) is 5.20. The number of hydrogen-bond donors (Lipinski definition) is 3. The lowest BCUT2D eigenvalue weighted by atomic mass is 10.0. The number of piperidine rings is 1. The molecule has 0 spiro atoms. The maximum atomic E-state index is 11.4. The Bertz CT molecular complexity index is 1740. The van der Waals surface area contributed by atoms with E-state index in [9.17, 15) is 9.90 Å². The van der Waals surface area contributed by atoms with Crippen LogP contribution in [0.4, 0.5) is 16.4 Å². The van der Waals surface area contributed by atoms with Crippen LogP contribution in [0.15, 0.2) is 66.3 Å². The van der Waals surface area contributed by atoms with Crippen LogP contribution >= 0.6 is 11.3 Å². The molecule has 6 rings (SSSR count). The fourth-order valence-corrected chi connectivity index (χ4v) is 5.81. The molecule has 1 saturated heterocycles. The molecule has 1 amide bonds. The molecule has 0 bridgehead atoms. The summed E-state index contributed by atoms with van der Waals surface area (Å²) in [6.07, 6.45) is 4.11. The number of pyridine rings is 1. The smallest absolute Gasteiger partial charge is 0.407 e. The second-order valence-corrected chi connectivity index (χ2v) is 11.3. The SMILES string of the molecule is Cc1nc(CNc2cccc3c(Oc4ncccc4-c4ccnc(NC5CCCN(C(=O)O)C5)n4)c(C)ccc23)cs1. The maximum absolute atomic E-state index is 11.4. The van der Waals surface area contributed by atoms with Crippen molar-refractivity contribution >= 4 is 39.8 Å². The highest BCUT2D eigenvalue weighted by atomic mass is 32.1. The first-order valence-corrected chi connectivity index (χ1v) is 14.7. The van der Waals surface area contributed by atoms with Gasteiger partial charge in [0.2, 0.25) is 11.8 Å². The molecule has 42 heavy (non-hydrogen) atoms. The van der Waals surface area contributed by atoms with Gasteiger partial charge in [0.1, 0.15) is 5.75 Å². The average molecular weight is 582 g/mol. The van der Waals surface area contributed by atoms with Gasteiger partial charge in [-0.3, -0.25) is 0 Å². The van der Waals surface area contributed by atoms with Crippen LogP contribution in [0.2, 0.25) is 0 Å². The Balaban J connectivity index is 1.27. The van der Waals surface area contributed by atoms with Gasteiger partial charge in [0.25, 0.3) is 0 Å². The van der Waals surface area contributed by atoms with Crippen molar-refractivity contribution in [2.45, 2.75) is 39.3 Å². The summed E-state index contributed by atoms with van der Waals surface area (Å²) >= 11 is 1.64. The number of amides is 1. The molecular weight excluding hydrogens is 550 g/mol. The zero-order valence-electron chi connectivity index (χ0n) is 23.4. The Morgan fingerprint density at radius 2 is 1.98 bits per heavy atom. The third-order valence-corrected chi connectivity index (χ3v) is 8.08. The number of rotatable bonds is 8. The predicted octanol–water partition coefficient (Wildman–Crippen LogP) is 6.72. The van der Waals surface area contributed by atoms with Crippen LogP contribution in [0.5, 0.6) is 11.6 Å². The van der Waals surface area contributed by atoms with Gasteiger partial charge in [0, 0.05) is 53.4 Å². The van der Waals surface area contributed by atoms with Crippen LogP contribution in [-0.2, 0) is 6.54 Å². The van der Waals surface area contributed by atoms with Gasteiger partial charge in [0.05, 0.1) is 28.5 Å². The number of aryl methyl sites for hydroxylation is 2. The quantitative estimate of drug-likeness (QED) is 0.183. The van der Waals surface area contributed by atoms with Gasteiger partial charge in [-0.25, -0.2) is 24.7 Å². The summed E-state index contributed by atoms with van der Waals surface area (Å²) in [5, 5.41) is 21.4. The molecule has 10 nitrogen and oxygen atoms in total. The monoisotopic (exact) mass is 581 g/mol. The second-order valence-electron chi connectivity index (χ2n) is 10.3. The van der Waals surface area contributed by atoms with Gasteiger partial charge >= 0.3 is 6.09 Å². The van der Waals surface area contributed by atoms with E-state index in [2.05, 4.69) is 55.2 Å². The fraction of sp³-hybridized carbons (Fsp3) is 0.258. The number of benzene rings is 2. The van der Waals surface area contributed by atoms with E-state index < -0.39 is 6.09 Å². The maximum Gasteiger partial charge on any atom is 0.407 e. The zero-order valence-corrected chi connectivity index (χ0v) is 24.2. The largest absolute Gasteiger partial charge is 0.465 e. The number of nitrogens with one attached hydrogen (secondary N) is 2. The molecule has 11 heteroatoms. The number of hydrogen-bond acceptors (Lipinski definition) is 9. The summed E-state index contributed by atoms with van der Waals surface area (Å²) in [6.45, 7) is 5.60. The molecule has 1 atom stereocenters. The number of nitrogens with zero attached hydrogens (tertiary/aromatic N) is 5. The minimum absolute atomic E-state index is 0.0598. The molecule has 1 unspecified atom stereocenters. The van der Waals surface area contributed by atoms with Gasteiger partial charge in [-0.2, -0.15) is 0 Å². The van der Waals surface area contributed by atoms with E-state index in [1.165, 1.54) is 4.90 Å². The predicted molar refractivity (Wildman–Crippen MR) is 164 cm³/mol. The minimum Gasteiger partial charge on any atom is -0.465 e. The van der Waals surface area contributed by atoms with Crippen molar-refractivity contribution in [1.82, 2.24) is 24.8 Å². The van der Waals surface area contributed by atoms with Gasteiger partial charge in [-0.1, -0.05) is 24.3 Å². The van der Waals surface area contributed by atoms with Crippen molar-refractivity contribution in [2.75, 3.05) is 23.7 Å². The second kappa shape index (κ2) is 12.0. The summed E-state index contributed by atoms with van der Waals surface area (Å²) in [4.78, 5) is 31.1. The topological polar surface area (TPSA) is 125 Å². The molecule has 0 saturated carbocycles. The molecule has 0 aliphatic carbocycles. The van der Waals surface area contributed by atoms with Crippen LogP contribution in [0, 0.1) is 13.8 Å². The lowest BCUT2D eigenvalue weighted by molar-refractivity contribution is 0.132. The lowest BCUT2D eigenvalue weighted by Gasteiger charge is -2.31. The molecule has 1 fully saturated rings.